The Morgan fingerprint density at radius 2 is 1.96 bits per heavy atom. The van der Waals surface area contributed by atoms with Gasteiger partial charge in [-0.3, -0.25) is 0 Å². The molecule has 0 aliphatic carbocycles. The predicted octanol–water partition coefficient (Wildman–Crippen LogP) is 2.49. The average Bonchev–Trinajstić information content (AvgIpc) is 3.26. The first-order valence-electron chi connectivity index (χ1n) is 8.57. The molecule has 0 unspecified atom stereocenters. The van der Waals surface area contributed by atoms with Crippen LogP contribution in [0.25, 0.3) is 5.69 Å². The molecule has 4 rings (SSSR count). The van der Waals surface area contributed by atoms with Gasteiger partial charge >= 0.3 is 5.69 Å². The zero-order valence-corrected chi connectivity index (χ0v) is 15.0. The Bertz CT molecular complexity index is 876. The lowest BCUT2D eigenvalue weighted by atomic mass is 9.93. The van der Waals surface area contributed by atoms with Crippen molar-refractivity contribution in [2.45, 2.75) is 19.3 Å². The van der Waals surface area contributed by atoms with Gasteiger partial charge in [-0.2, -0.15) is 5.10 Å². The highest BCUT2D eigenvalue weighted by atomic mass is 32.1. The average molecular weight is 355 g/mol. The van der Waals surface area contributed by atoms with Crippen LogP contribution < -0.4 is 10.6 Å². The molecular weight excluding hydrogens is 334 g/mol. The minimum absolute atomic E-state index is 0.0820. The Kier molecular flexibility index (Phi) is 4.40. The highest BCUT2D eigenvalue weighted by Crippen LogP contribution is 2.26. The summed E-state index contributed by atoms with van der Waals surface area (Å²) in [4.78, 5) is 19.2. The molecular formula is C18H21N5OS. The van der Waals surface area contributed by atoms with E-state index in [1.165, 1.54) is 4.68 Å². The van der Waals surface area contributed by atoms with E-state index in [0.29, 0.717) is 5.92 Å². The van der Waals surface area contributed by atoms with Gasteiger partial charge in [0.25, 0.3) is 0 Å². The summed E-state index contributed by atoms with van der Waals surface area (Å²) in [7, 11) is 1.72. The van der Waals surface area contributed by atoms with E-state index in [9.17, 15) is 4.79 Å². The van der Waals surface area contributed by atoms with E-state index in [-0.39, 0.29) is 5.69 Å². The summed E-state index contributed by atoms with van der Waals surface area (Å²) >= 11 is 1.69. The fourth-order valence-corrected chi connectivity index (χ4v) is 4.14. The first-order valence-corrected chi connectivity index (χ1v) is 9.45. The molecule has 1 fully saturated rings. The Hall–Kier alpha value is -2.41. The number of benzene rings is 1. The fourth-order valence-electron chi connectivity index (χ4n) is 3.44. The smallest absolute Gasteiger partial charge is 0.348 e. The van der Waals surface area contributed by atoms with E-state index in [4.69, 9.17) is 0 Å². The molecule has 1 aliphatic rings. The van der Waals surface area contributed by atoms with Crippen molar-refractivity contribution in [3.63, 3.8) is 0 Å². The molecule has 0 amide bonds. The molecule has 0 spiro atoms. The Labute approximate surface area is 150 Å². The molecule has 2 aromatic heterocycles. The summed E-state index contributed by atoms with van der Waals surface area (Å²) in [6, 6.07) is 9.77. The largest absolute Gasteiger partial charge is 0.350 e. The first kappa shape index (κ1) is 16.1. The highest BCUT2D eigenvalue weighted by Gasteiger charge is 2.24. The van der Waals surface area contributed by atoms with Crippen LogP contribution in [0.15, 0.2) is 46.7 Å². The lowest BCUT2D eigenvalue weighted by Crippen LogP contribution is -2.34. The van der Waals surface area contributed by atoms with Crippen LogP contribution in [0.1, 0.15) is 18.7 Å². The second-order valence-electron chi connectivity index (χ2n) is 6.44. The van der Waals surface area contributed by atoms with E-state index in [2.05, 4.69) is 15.0 Å². The van der Waals surface area contributed by atoms with Crippen LogP contribution in [-0.4, -0.2) is 32.4 Å². The van der Waals surface area contributed by atoms with Crippen molar-refractivity contribution in [1.29, 1.82) is 0 Å². The molecule has 0 bridgehead atoms. The number of para-hydroxylation sites is 1. The predicted molar refractivity (Wildman–Crippen MR) is 99.6 cm³/mol. The van der Waals surface area contributed by atoms with Gasteiger partial charge in [0.1, 0.15) is 5.82 Å². The van der Waals surface area contributed by atoms with Gasteiger partial charge in [-0.05, 0) is 30.9 Å². The van der Waals surface area contributed by atoms with Crippen molar-refractivity contribution < 1.29 is 0 Å². The van der Waals surface area contributed by atoms with Crippen molar-refractivity contribution in [2.75, 3.05) is 18.0 Å². The number of piperidine rings is 1. The molecule has 25 heavy (non-hydrogen) atoms. The summed E-state index contributed by atoms with van der Waals surface area (Å²) in [5.41, 5.74) is 0.803. The lowest BCUT2D eigenvalue weighted by Gasteiger charge is -2.31. The van der Waals surface area contributed by atoms with E-state index in [0.717, 1.165) is 49.0 Å². The first-order chi connectivity index (χ1) is 12.2. The third-order valence-electron chi connectivity index (χ3n) is 4.78. The molecule has 3 heterocycles. The van der Waals surface area contributed by atoms with E-state index >= 15 is 0 Å². The molecule has 0 radical (unpaired) electrons. The normalized spacial score (nSPS) is 15.6. The monoisotopic (exact) mass is 355 g/mol. The van der Waals surface area contributed by atoms with Gasteiger partial charge < -0.3 is 4.90 Å². The number of thiazole rings is 1. The van der Waals surface area contributed by atoms with Crippen LogP contribution in [-0.2, 0) is 13.5 Å². The third-order valence-corrected chi connectivity index (χ3v) is 5.61. The van der Waals surface area contributed by atoms with Crippen LogP contribution in [0.4, 0.5) is 5.13 Å². The van der Waals surface area contributed by atoms with Crippen molar-refractivity contribution in [3.8, 4) is 5.69 Å². The molecule has 3 aromatic rings. The van der Waals surface area contributed by atoms with E-state index in [1.54, 1.807) is 23.0 Å². The maximum atomic E-state index is 12.5. The number of rotatable bonds is 4. The summed E-state index contributed by atoms with van der Waals surface area (Å²) < 4.78 is 3.18. The van der Waals surface area contributed by atoms with Gasteiger partial charge in [-0.1, -0.05) is 18.2 Å². The number of hydrogen-bond donors (Lipinski definition) is 0. The van der Waals surface area contributed by atoms with Crippen LogP contribution in [0.5, 0.6) is 0 Å². The second kappa shape index (κ2) is 6.84. The fraction of sp³-hybridized carbons (Fsp3) is 0.389. The quantitative estimate of drug-likeness (QED) is 0.721. The van der Waals surface area contributed by atoms with Crippen molar-refractivity contribution in [2.24, 2.45) is 13.0 Å². The van der Waals surface area contributed by atoms with Crippen molar-refractivity contribution in [1.82, 2.24) is 19.3 Å². The van der Waals surface area contributed by atoms with Crippen LogP contribution in [0.2, 0.25) is 0 Å². The van der Waals surface area contributed by atoms with Crippen molar-refractivity contribution in [3.05, 3.63) is 58.2 Å². The molecule has 1 aromatic carbocycles. The minimum Gasteiger partial charge on any atom is -0.348 e. The van der Waals surface area contributed by atoms with Crippen molar-refractivity contribution >= 4 is 16.5 Å². The number of aromatic nitrogens is 4. The second-order valence-corrected chi connectivity index (χ2v) is 7.32. The standard InChI is InChI=1S/C18H21N5OS/c1-21-18(24)23(15-5-3-2-4-6-15)16(20-21)13-14-7-10-22(11-8-14)17-19-9-12-25-17/h2-6,9,12,14H,7-8,10-11,13H2,1H3. The number of nitrogens with zero attached hydrogens (tertiary/aromatic N) is 5. The summed E-state index contributed by atoms with van der Waals surface area (Å²) in [5, 5.41) is 7.62. The van der Waals surface area contributed by atoms with Gasteiger partial charge in [0, 0.05) is 38.1 Å². The Morgan fingerprint density at radius 3 is 2.64 bits per heavy atom. The van der Waals surface area contributed by atoms with Gasteiger partial charge in [-0.15, -0.1) is 11.3 Å². The lowest BCUT2D eigenvalue weighted by molar-refractivity contribution is 0.394. The Balaban J connectivity index is 1.51. The number of anilines is 1. The minimum atomic E-state index is -0.0820. The molecule has 0 N–H and O–H groups in total. The van der Waals surface area contributed by atoms with E-state index in [1.807, 2.05) is 41.9 Å². The summed E-state index contributed by atoms with van der Waals surface area (Å²) in [6.45, 7) is 2.03. The third kappa shape index (κ3) is 3.24. The van der Waals surface area contributed by atoms with Crippen LogP contribution in [0.3, 0.4) is 0 Å². The molecule has 7 heteroatoms. The maximum Gasteiger partial charge on any atom is 0.350 e. The topological polar surface area (TPSA) is 56.0 Å². The molecule has 0 saturated carbocycles. The zero-order chi connectivity index (χ0) is 17.2. The summed E-state index contributed by atoms with van der Waals surface area (Å²) in [6.07, 6.45) is 4.88. The SMILES string of the molecule is Cn1nc(CC2CCN(c3nccs3)CC2)n(-c2ccccc2)c1=O. The van der Waals surface area contributed by atoms with Gasteiger partial charge in [0.15, 0.2) is 5.13 Å². The number of hydrogen-bond acceptors (Lipinski definition) is 5. The molecule has 6 nitrogen and oxygen atoms in total. The van der Waals surface area contributed by atoms with Crippen LogP contribution >= 0.6 is 11.3 Å². The molecule has 1 aliphatic heterocycles. The molecule has 130 valence electrons. The van der Waals surface area contributed by atoms with Gasteiger partial charge in [-0.25, -0.2) is 19.0 Å². The zero-order valence-electron chi connectivity index (χ0n) is 14.2. The van der Waals surface area contributed by atoms with Crippen LogP contribution in [0, 0.1) is 5.92 Å². The van der Waals surface area contributed by atoms with E-state index < -0.39 is 0 Å². The molecule has 0 atom stereocenters. The van der Waals surface area contributed by atoms with Gasteiger partial charge in [0.05, 0.1) is 5.69 Å². The number of aryl methyl sites for hydroxylation is 1. The highest BCUT2D eigenvalue weighted by molar-refractivity contribution is 7.13. The van der Waals surface area contributed by atoms with Gasteiger partial charge in [0.2, 0.25) is 0 Å². The Morgan fingerprint density at radius 1 is 1.20 bits per heavy atom. The summed E-state index contributed by atoms with van der Waals surface area (Å²) in [5.74, 6) is 1.40. The maximum absolute atomic E-state index is 12.5. The molecule has 1 saturated heterocycles.